The first-order valence-corrected chi connectivity index (χ1v) is 5.63. The van der Waals surface area contributed by atoms with Gasteiger partial charge in [0.05, 0.1) is 6.20 Å². The Bertz CT molecular complexity index is 466. The molecule has 0 aliphatic heterocycles. The zero-order valence-electron chi connectivity index (χ0n) is 8.85. The third-order valence-corrected chi connectivity index (χ3v) is 3.11. The molecule has 2 rings (SSSR count). The Morgan fingerprint density at radius 1 is 1.38 bits per heavy atom. The maximum Gasteiger partial charge on any atom is 0.187 e. The maximum absolute atomic E-state index is 12.7. The first-order valence-electron chi connectivity index (χ1n) is 4.82. The minimum atomic E-state index is -0.218. The molecule has 0 atom stereocenters. The number of halogens is 1. The van der Waals surface area contributed by atoms with E-state index in [9.17, 15) is 4.39 Å². The Kier molecular flexibility index (Phi) is 3.05. The molecule has 0 aliphatic rings. The molecule has 16 heavy (non-hydrogen) atoms. The van der Waals surface area contributed by atoms with Crippen molar-refractivity contribution in [3.63, 3.8) is 0 Å². The van der Waals surface area contributed by atoms with Gasteiger partial charge in [-0.1, -0.05) is 23.5 Å². The molecule has 0 fully saturated rings. The van der Waals surface area contributed by atoms with Crippen LogP contribution in [0, 0.1) is 5.82 Å². The summed E-state index contributed by atoms with van der Waals surface area (Å²) in [4.78, 5) is 6.16. The van der Waals surface area contributed by atoms with Crippen LogP contribution >= 0.6 is 11.3 Å². The van der Waals surface area contributed by atoms with E-state index in [-0.39, 0.29) is 5.82 Å². The lowest BCUT2D eigenvalue weighted by Crippen LogP contribution is -2.15. The highest BCUT2D eigenvalue weighted by atomic mass is 32.1. The Balaban J connectivity index is 2.07. The Labute approximate surface area is 97.3 Å². The lowest BCUT2D eigenvalue weighted by molar-refractivity contribution is 0.627. The molecule has 84 valence electrons. The second-order valence-electron chi connectivity index (χ2n) is 3.53. The van der Waals surface area contributed by atoms with E-state index in [2.05, 4.69) is 4.98 Å². The monoisotopic (exact) mass is 237 g/mol. The van der Waals surface area contributed by atoms with Crippen LogP contribution in [0.2, 0.25) is 0 Å². The average molecular weight is 237 g/mol. The molecule has 5 heteroatoms. The molecular formula is C11H12FN3S. The summed E-state index contributed by atoms with van der Waals surface area (Å²) >= 11 is 1.44. The van der Waals surface area contributed by atoms with Crippen molar-refractivity contribution in [1.82, 2.24) is 4.98 Å². The SMILES string of the molecule is CN(Cc1ccc(F)cc1)c1ncc(N)s1. The van der Waals surface area contributed by atoms with Gasteiger partial charge in [-0.3, -0.25) is 0 Å². The van der Waals surface area contributed by atoms with Gasteiger partial charge in [0.2, 0.25) is 0 Å². The van der Waals surface area contributed by atoms with Gasteiger partial charge < -0.3 is 10.6 Å². The Hall–Kier alpha value is -1.62. The number of benzene rings is 1. The molecule has 2 N–H and O–H groups in total. The summed E-state index contributed by atoms with van der Waals surface area (Å²) in [5.41, 5.74) is 6.65. The second-order valence-corrected chi connectivity index (χ2v) is 4.57. The van der Waals surface area contributed by atoms with E-state index >= 15 is 0 Å². The molecule has 0 spiro atoms. The highest BCUT2D eigenvalue weighted by molar-refractivity contribution is 7.19. The van der Waals surface area contributed by atoms with Crippen LogP contribution in [0.15, 0.2) is 30.5 Å². The van der Waals surface area contributed by atoms with Crippen LogP contribution in [-0.4, -0.2) is 12.0 Å². The molecule has 3 nitrogen and oxygen atoms in total. The number of thiazole rings is 1. The first kappa shape index (κ1) is 10.9. The standard InChI is InChI=1S/C11H12FN3S/c1-15(11-14-6-10(13)16-11)7-8-2-4-9(12)5-3-8/h2-6H,7,13H2,1H3. The summed E-state index contributed by atoms with van der Waals surface area (Å²) in [5.74, 6) is -0.218. The maximum atomic E-state index is 12.7. The van der Waals surface area contributed by atoms with Crippen molar-refractivity contribution < 1.29 is 4.39 Å². The second kappa shape index (κ2) is 4.49. The zero-order valence-corrected chi connectivity index (χ0v) is 9.67. The average Bonchev–Trinajstić information content (AvgIpc) is 2.68. The molecule has 0 radical (unpaired) electrons. The van der Waals surface area contributed by atoms with Gasteiger partial charge in [0.25, 0.3) is 0 Å². The van der Waals surface area contributed by atoms with E-state index in [0.29, 0.717) is 11.5 Å². The number of nitrogens with zero attached hydrogens (tertiary/aromatic N) is 2. The summed E-state index contributed by atoms with van der Waals surface area (Å²) in [6, 6.07) is 6.45. The highest BCUT2D eigenvalue weighted by Crippen LogP contribution is 2.24. The molecular weight excluding hydrogens is 225 g/mol. The van der Waals surface area contributed by atoms with Crippen LogP contribution in [0.4, 0.5) is 14.5 Å². The summed E-state index contributed by atoms with van der Waals surface area (Å²) in [6.45, 7) is 0.688. The third kappa shape index (κ3) is 2.49. The summed E-state index contributed by atoms with van der Waals surface area (Å²) < 4.78 is 12.7. The molecule has 0 aliphatic carbocycles. The van der Waals surface area contributed by atoms with Crippen molar-refractivity contribution in [2.75, 3.05) is 17.7 Å². The third-order valence-electron chi connectivity index (χ3n) is 2.17. The van der Waals surface area contributed by atoms with E-state index in [1.807, 2.05) is 11.9 Å². The van der Waals surface area contributed by atoms with E-state index < -0.39 is 0 Å². The summed E-state index contributed by atoms with van der Waals surface area (Å²) in [6.07, 6.45) is 1.64. The van der Waals surface area contributed by atoms with Crippen molar-refractivity contribution >= 4 is 21.5 Å². The van der Waals surface area contributed by atoms with Crippen LogP contribution in [0.5, 0.6) is 0 Å². The van der Waals surface area contributed by atoms with Gasteiger partial charge in [0, 0.05) is 13.6 Å². The van der Waals surface area contributed by atoms with Crippen LogP contribution in [0.25, 0.3) is 0 Å². The quantitative estimate of drug-likeness (QED) is 0.891. The van der Waals surface area contributed by atoms with E-state index in [1.54, 1.807) is 18.3 Å². The molecule has 1 heterocycles. The predicted octanol–water partition coefficient (Wildman–Crippen LogP) is 2.50. The van der Waals surface area contributed by atoms with E-state index in [0.717, 1.165) is 10.7 Å². The molecule has 0 saturated heterocycles. The van der Waals surface area contributed by atoms with Crippen molar-refractivity contribution in [3.8, 4) is 0 Å². The number of anilines is 2. The topological polar surface area (TPSA) is 42.2 Å². The first-order chi connectivity index (χ1) is 7.65. The van der Waals surface area contributed by atoms with Gasteiger partial charge in [-0.15, -0.1) is 0 Å². The molecule has 1 aromatic carbocycles. The van der Waals surface area contributed by atoms with E-state index in [1.165, 1.54) is 23.5 Å². The van der Waals surface area contributed by atoms with Crippen molar-refractivity contribution in [1.29, 1.82) is 0 Å². The van der Waals surface area contributed by atoms with Crippen LogP contribution in [-0.2, 0) is 6.54 Å². The lowest BCUT2D eigenvalue weighted by atomic mass is 10.2. The number of aromatic nitrogens is 1. The lowest BCUT2D eigenvalue weighted by Gasteiger charge is -2.15. The normalized spacial score (nSPS) is 10.4. The molecule has 0 saturated carbocycles. The van der Waals surface area contributed by atoms with Crippen LogP contribution < -0.4 is 10.6 Å². The predicted molar refractivity (Wildman–Crippen MR) is 65.0 cm³/mol. The summed E-state index contributed by atoms with van der Waals surface area (Å²) in [7, 11) is 1.93. The van der Waals surface area contributed by atoms with Gasteiger partial charge >= 0.3 is 0 Å². The fourth-order valence-corrected chi connectivity index (χ4v) is 2.03. The molecule has 2 aromatic rings. The highest BCUT2D eigenvalue weighted by Gasteiger charge is 2.06. The van der Waals surface area contributed by atoms with Gasteiger partial charge in [0.15, 0.2) is 5.13 Å². The van der Waals surface area contributed by atoms with Crippen molar-refractivity contribution in [2.45, 2.75) is 6.54 Å². The zero-order chi connectivity index (χ0) is 11.5. The van der Waals surface area contributed by atoms with Gasteiger partial charge in [0.1, 0.15) is 10.8 Å². The van der Waals surface area contributed by atoms with Gasteiger partial charge in [-0.05, 0) is 17.7 Å². The van der Waals surface area contributed by atoms with E-state index in [4.69, 9.17) is 5.73 Å². The molecule has 1 aromatic heterocycles. The largest absolute Gasteiger partial charge is 0.389 e. The van der Waals surface area contributed by atoms with Crippen LogP contribution in [0.3, 0.4) is 0 Å². The van der Waals surface area contributed by atoms with Crippen molar-refractivity contribution in [3.05, 3.63) is 41.8 Å². The minimum absolute atomic E-state index is 0.218. The fourth-order valence-electron chi connectivity index (χ4n) is 1.38. The van der Waals surface area contributed by atoms with Gasteiger partial charge in [-0.25, -0.2) is 9.37 Å². The number of nitrogens with two attached hydrogens (primary N) is 1. The Morgan fingerprint density at radius 2 is 2.06 bits per heavy atom. The van der Waals surface area contributed by atoms with Crippen molar-refractivity contribution in [2.24, 2.45) is 0 Å². The number of rotatable bonds is 3. The molecule has 0 amide bonds. The number of hydrogen-bond acceptors (Lipinski definition) is 4. The smallest absolute Gasteiger partial charge is 0.187 e. The Morgan fingerprint density at radius 3 is 2.62 bits per heavy atom. The number of hydrogen-bond donors (Lipinski definition) is 1. The number of nitrogen functional groups attached to an aromatic ring is 1. The molecule has 0 unspecified atom stereocenters. The fraction of sp³-hybridized carbons (Fsp3) is 0.182. The summed E-state index contributed by atoms with van der Waals surface area (Å²) in [5, 5.41) is 1.56. The molecule has 0 bridgehead atoms. The van der Waals surface area contributed by atoms with Gasteiger partial charge in [-0.2, -0.15) is 0 Å². The minimum Gasteiger partial charge on any atom is -0.389 e. The van der Waals surface area contributed by atoms with Crippen LogP contribution in [0.1, 0.15) is 5.56 Å².